The van der Waals surface area contributed by atoms with E-state index in [9.17, 15) is 19.2 Å². The van der Waals surface area contributed by atoms with Crippen LogP contribution in [0.3, 0.4) is 0 Å². The predicted molar refractivity (Wildman–Crippen MR) is 131 cm³/mol. The summed E-state index contributed by atoms with van der Waals surface area (Å²) in [6, 6.07) is 19.1. The molecule has 0 bridgehead atoms. The maximum Gasteiger partial charge on any atom is 0.326 e. The summed E-state index contributed by atoms with van der Waals surface area (Å²) in [7, 11) is 0. The first-order valence-electron chi connectivity index (χ1n) is 10.0. The van der Waals surface area contributed by atoms with E-state index >= 15 is 0 Å². The van der Waals surface area contributed by atoms with Crippen LogP contribution >= 0.6 is 15.9 Å². The molecule has 33 heavy (non-hydrogen) atoms. The Labute approximate surface area is 196 Å². The first kappa shape index (κ1) is 22.2. The van der Waals surface area contributed by atoms with E-state index in [1.165, 1.54) is 19.1 Å². The highest BCUT2D eigenvalue weighted by atomic mass is 79.9. The lowest BCUT2D eigenvalue weighted by Gasteiger charge is -2.24. The first-order valence-corrected chi connectivity index (χ1v) is 10.8. The minimum absolute atomic E-state index is 0.190. The van der Waals surface area contributed by atoms with Gasteiger partial charge in [-0.25, -0.2) is 4.79 Å². The van der Waals surface area contributed by atoms with Gasteiger partial charge in [-0.15, -0.1) is 0 Å². The molecule has 2 amide bonds. The Hall–Kier alpha value is -3.98. The molecule has 9 heteroatoms. The average molecular weight is 507 g/mol. The van der Waals surface area contributed by atoms with Gasteiger partial charge in [-0.05, 0) is 60.2 Å². The molecule has 0 unspecified atom stereocenters. The number of nitrogens with zero attached hydrogens (tertiary/aromatic N) is 1. The molecule has 4 aromatic rings. The number of hydrogen-bond donors (Lipinski definition) is 3. The van der Waals surface area contributed by atoms with Crippen molar-refractivity contribution in [2.45, 2.75) is 13.5 Å². The fourth-order valence-corrected chi connectivity index (χ4v) is 3.70. The fourth-order valence-electron chi connectivity index (χ4n) is 3.43. The van der Waals surface area contributed by atoms with E-state index in [0.717, 1.165) is 10.0 Å². The zero-order chi connectivity index (χ0) is 23.5. The molecule has 0 saturated heterocycles. The maximum atomic E-state index is 13.6. The average Bonchev–Trinajstić information content (AvgIpc) is 2.78. The van der Waals surface area contributed by atoms with Gasteiger partial charge in [0.05, 0.1) is 17.4 Å². The number of hydrogen-bond acceptors (Lipinski definition) is 4. The van der Waals surface area contributed by atoms with Gasteiger partial charge in [0.25, 0.3) is 11.5 Å². The lowest BCUT2D eigenvalue weighted by molar-refractivity contribution is -0.114. The highest BCUT2D eigenvalue weighted by Crippen LogP contribution is 2.24. The van der Waals surface area contributed by atoms with E-state index in [2.05, 4.69) is 31.2 Å². The molecule has 0 atom stereocenters. The molecule has 0 radical (unpaired) electrons. The van der Waals surface area contributed by atoms with Crippen molar-refractivity contribution in [3.05, 3.63) is 103 Å². The Kier molecular flexibility index (Phi) is 6.23. The van der Waals surface area contributed by atoms with E-state index < -0.39 is 11.2 Å². The number of aromatic amines is 2. The summed E-state index contributed by atoms with van der Waals surface area (Å²) in [4.78, 5) is 54.9. The minimum Gasteiger partial charge on any atom is -0.326 e. The Morgan fingerprint density at radius 1 is 0.939 bits per heavy atom. The molecular weight excluding hydrogens is 488 g/mol. The molecule has 4 rings (SSSR count). The SMILES string of the molecule is CC(=O)Nc1ccc(N(Cc2ccc(Br)cc2)C(=O)c2ccc3[nH]c(=O)[nH]c(=O)c3c2)cc1. The summed E-state index contributed by atoms with van der Waals surface area (Å²) >= 11 is 3.41. The second kappa shape index (κ2) is 9.25. The van der Waals surface area contributed by atoms with Crippen LogP contribution in [-0.2, 0) is 11.3 Å². The van der Waals surface area contributed by atoms with E-state index in [-0.39, 0.29) is 23.7 Å². The Morgan fingerprint density at radius 3 is 2.30 bits per heavy atom. The van der Waals surface area contributed by atoms with Crippen LogP contribution in [-0.4, -0.2) is 21.8 Å². The van der Waals surface area contributed by atoms with Crippen LogP contribution in [0.15, 0.2) is 80.8 Å². The minimum atomic E-state index is -0.609. The van der Waals surface area contributed by atoms with Crippen LogP contribution < -0.4 is 21.5 Å². The van der Waals surface area contributed by atoms with Gasteiger partial charge in [0, 0.05) is 28.3 Å². The maximum absolute atomic E-state index is 13.6. The van der Waals surface area contributed by atoms with E-state index in [4.69, 9.17) is 0 Å². The Bertz CT molecular complexity index is 1460. The molecule has 1 heterocycles. The van der Waals surface area contributed by atoms with E-state index in [1.807, 2.05) is 24.3 Å². The molecule has 0 aliphatic rings. The second-order valence-corrected chi connectivity index (χ2v) is 8.33. The summed E-state index contributed by atoms with van der Waals surface area (Å²) in [6.45, 7) is 1.71. The van der Waals surface area contributed by atoms with Crippen molar-refractivity contribution >= 4 is 50.0 Å². The van der Waals surface area contributed by atoms with Gasteiger partial charge in [-0.3, -0.25) is 19.4 Å². The standard InChI is InChI=1S/C24H19BrN4O4/c1-14(30)26-18-7-9-19(10-8-18)29(13-15-2-5-17(25)6-3-15)23(32)16-4-11-21-20(12-16)22(31)28-24(33)27-21/h2-12H,13H2,1H3,(H,26,30)(H2,27,28,31,33). The van der Waals surface area contributed by atoms with Crippen LogP contribution in [0.5, 0.6) is 0 Å². The third-order valence-electron chi connectivity index (χ3n) is 4.98. The number of amides is 2. The van der Waals surface area contributed by atoms with Gasteiger partial charge >= 0.3 is 5.69 Å². The molecule has 0 aliphatic carbocycles. The van der Waals surface area contributed by atoms with Gasteiger partial charge in [-0.2, -0.15) is 0 Å². The quantitative estimate of drug-likeness (QED) is 0.381. The topological polar surface area (TPSA) is 115 Å². The smallest absolute Gasteiger partial charge is 0.326 e. The molecule has 0 saturated carbocycles. The third-order valence-corrected chi connectivity index (χ3v) is 5.51. The zero-order valence-electron chi connectivity index (χ0n) is 17.5. The van der Waals surface area contributed by atoms with Crippen LogP contribution in [0.4, 0.5) is 11.4 Å². The van der Waals surface area contributed by atoms with Gasteiger partial charge in [-0.1, -0.05) is 28.1 Å². The molecule has 3 aromatic carbocycles. The second-order valence-electron chi connectivity index (χ2n) is 7.41. The number of rotatable bonds is 5. The third kappa shape index (κ3) is 5.09. The van der Waals surface area contributed by atoms with Gasteiger partial charge in [0.2, 0.25) is 5.91 Å². The number of carbonyl (C=O) groups is 2. The number of halogens is 1. The molecule has 3 N–H and O–H groups in total. The summed E-state index contributed by atoms with van der Waals surface area (Å²) in [5, 5.41) is 2.92. The summed E-state index contributed by atoms with van der Waals surface area (Å²) in [5.74, 6) is -0.511. The number of benzene rings is 3. The van der Waals surface area contributed by atoms with E-state index in [0.29, 0.717) is 22.5 Å². The molecule has 8 nitrogen and oxygen atoms in total. The van der Waals surface area contributed by atoms with E-state index in [1.54, 1.807) is 35.2 Å². The normalized spacial score (nSPS) is 10.7. The highest BCUT2D eigenvalue weighted by molar-refractivity contribution is 9.10. The fraction of sp³-hybridized carbons (Fsp3) is 0.0833. The number of aromatic nitrogens is 2. The van der Waals surface area contributed by atoms with Crippen LogP contribution in [0.25, 0.3) is 10.9 Å². The van der Waals surface area contributed by atoms with Crippen LogP contribution in [0.2, 0.25) is 0 Å². The van der Waals surface area contributed by atoms with Crippen molar-refractivity contribution in [1.29, 1.82) is 0 Å². The number of H-pyrrole nitrogens is 2. The van der Waals surface area contributed by atoms with Crippen molar-refractivity contribution in [3.8, 4) is 0 Å². The van der Waals surface area contributed by atoms with Crippen molar-refractivity contribution in [2.24, 2.45) is 0 Å². The largest absolute Gasteiger partial charge is 0.326 e. The van der Waals surface area contributed by atoms with Gasteiger partial charge in [0.1, 0.15) is 0 Å². The lowest BCUT2D eigenvalue weighted by Crippen LogP contribution is -2.31. The molecular formula is C24H19BrN4O4. The monoisotopic (exact) mass is 506 g/mol. The Morgan fingerprint density at radius 2 is 1.64 bits per heavy atom. The van der Waals surface area contributed by atoms with Gasteiger partial charge < -0.3 is 15.2 Å². The number of anilines is 2. The van der Waals surface area contributed by atoms with Crippen molar-refractivity contribution < 1.29 is 9.59 Å². The lowest BCUT2D eigenvalue weighted by atomic mass is 10.1. The van der Waals surface area contributed by atoms with Crippen molar-refractivity contribution in [2.75, 3.05) is 10.2 Å². The summed E-state index contributed by atoms with van der Waals surface area (Å²) in [6.07, 6.45) is 0. The molecule has 0 fully saturated rings. The highest BCUT2D eigenvalue weighted by Gasteiger charge is 2.19. The zero-order valence-corrected chi connectivity index (χ0v) is 19.1. The molecule has 0 spiro atoms. The van der Waals surface area contributed by atoms with Gasteiger partial charge in [0.15, 0.2) is 0 Å². The van der Waals surface area contributed by atoms with Crippen molar-refractivity contribution in [3.63, 3.8) is 0 Å². The predicted octanol–water partition coefficient (Wildman–Crippen LogP) is 3.78. The summed E-state index contributed by atoms with van der Waals surface area (Å²) < 4.78 is 0.923. The first-order chi connectivity index (χ1) is 15.8. The van der Waals surface area contributed by atoms with Crippen molar-refractivity contribution in [1.82, 2.24) is 9.97 Å². The number of fused-ring (bicyclic) bond motifs is 1. The molecule has 0 aliphatic heterocycles. The molecule has 166 valence electrons. The number of nitrogens with one attached hydrogen (secondary N) is 3. The van der Waals surface area contributed by atoms with Crippen LogP contribution in [0.1, 0.15) is 22.8 Å². The van der Waals surface area contributed by atoms with Crippen LogP contribution in [0, 0.1) is 0 Å². The number of carbonyl (C=O) groups excluding carboxylic acids is 2. The Balaban J connectivity index is 1.74. The summed E-state index contributed by atoms with van der Waals surface area (Å²) in [5.41, 5.74) is 1.60. The molecule has 1 aromatic heterocycles.